The lowest BCUT2D eigenvalue weighted by Crippen LogP contribution is -2.61. The monoisotopic (exact) mass is 1270 g/mol. The van der Waals surface area contributed by atoms with Crippen LogP contribution in [0.25, 0.3) is 0 Å². The van der Waals surface area contributed by atoms with Crippen molar-refractivity contribution in [2.45, 2.75) is 126 Å². The summed E-state index contributed by atoms with van der Waals surface area (Å²) in [6.07, 6.45) is 3.85. The number of thioether (sulfide) groups is 2. The number of H-pyrrole nitrogens is 1. The minimum absolute atomic E-state index is 0.00609. The summed E-state index contributed by atoms with van der Waals surface area (Å²) in [6, 6.07) is 12.4. The molecule has 0 spiro atoms. The van der Waals surface area contributed by atoms with Gasteiger partial charge in [0.25, 0.3) is 0 Å². The molecule has 89 heavy (non-hydrogen) atoms. The van der Waals surface area contributed by atoms with Crippen molar-refractivity contribution >= 4 is 94.6 Å². The molecule has 0 radical (unpaired) electrons. The van der Waals surface area contributed by atoms with Crippen LogP contribution in [0.15, 0.2) is 104 Å². The smallest absolute Gasteiger partial charge is 0.326 e. The molecule has 0 saturated carbocycles. The number of amides is 9. The molecule has 0 aliphatic rings. The fourth-order valence-electron chi connectivity index (χ4n) is 9.11. The van der Waals surface area contributed by atoms with E-state index >= 15 is 4.79 Å². The zero-order chi connectivity index (χ0) is 65.6. The van der Waals surface area contributed by atoms with E-state index in [1.54, 1.807) is 104 Å². The number of aromatic nitrogens is 2. The van der Waals surface area contributed by atoms with Crippen molar-refractivity contribution in [3.8, 4) is 0 Å². The molecule has 29 heteroatoms. The number of nitrogens with one attached hydrogen (secondary N) is 9. The van der Waals surface area contributed by atoms with E-state index in [1.165, 1.54) is 43.1 Å². The van der Waals surface area contributed by atoms with Crippen molar-refractivity contribution in [1.82, 2.24) is 57.4 Å². The molecule has 0 unspecified atom stereocenters. The molecule has 27 nitrogen and oxygen atoms in total. The number of nitrogens with zero attached hydrogens (tertiary/aromatic N) is 2. The van der Waals surface area contributed by atoms with Gasteiger partial charge in [0.2, 0.25) is 53.2 Å². The van der Waals surface area contributed by atoms with Crippen LogP contribution in [-0.2, 0) is 83.2 Å². The van der Waals surface area contributed by atoms with Gasteiger partial charge in [0, 0.05) is 44.6 Å². The summed E-state index contributed by atoms with van der Waals surface area (Å²) in [5, 5.41) is 49.4. The lowest BCUT2D eigenvalue weighted by atomic mass is 9.99. The Morgan fingerprint density at radius 2 is 0.966 bits per heavy atom. The normalized spacial score (nSPS) is 14.1. The fraction of sp³-hybridized carbons (Fsp3) is 0.450. The van der Waals surface area contributed by atoms with E-state index in [0.29, 0.717) is 33.9 Å². The number of imidazole rings is 1. The van der Waals surface area contributed by atoms with E-state index in [9.17, 15) is 68.1 Å². The van der Waals surface area contributed by atoms with Crippen molar-refractivity contribution in [2.24, 2.45) is 11.7 Å². The van der Waals surface area contributed by atoms with Crippen molar-refractivity contribution < 1.29 is 72.9 Å². The first-order valence-corrected chi connectivity index (χ1v) is 31.3. The second-order valence-corrected chi connectivity index (χ2v) is 23.3. The quantitative estimate of drug-likeness (QED) is 0.0278. The van der Waals surface area contributed by atoms with Gasteiger partial charge in [-0.1, -0.05) is 105 Å². The van der Waals surface area contributed by atoms with Gasteiger partial charge in [-0.15, -0.1) is 0 Å². The molecule has 3 aromatic carbocycles. The number of carbonyl (C=O) groups is 12. The number of carboxylic acids is 3. The van der Waals surface area contributed by atoms with Gasteiger partial charge >= 0.3 is 17.9 Å². The van der Waals surface area contributed by atoms with E-state index in [0.717, 1.165) is 4.90 Å². The highest BCUT2D eigenvalue weighted by atomic mass is 32.2. The number of carboxylic acid groups (broad SMARTS) is 3. The van der Waals surface area contributed by atoms with Gasteiger partial charge in [0.15, 0.2) is 0 Å². The molecule has 0 bridgehead atoms. The number of likely N-dealkylation sites (N-methyl/N-ethyl adjacent to an activating group) is 1. The molecular weight excluding hydrogens is 1190 g/mol. The highest BCUT2D eigenvalue weighted by Crippen LogP contribution is 2.16. The summed E-state index contributed by atoms with van der Waals surface area (Å²) >= 11 is 2.72. The van der Waals surface area contributed by atoms with Crippen LogP contribution in [0.3, 0.4) is 0 Å². The first-order valence-electron chi connectivity index (χ1n) is 28.5. The van der Waals surface area contributed by atoms with Gasteiger partial charge in [0.05, 0.1) is 31.8 Å². The number of rotatable bonds is 39. The number of hydrogen-bond donors (Lipinski definition) is 13. The van der Waals surface area contributed by atoms with Gasteiger partial charge in [-0.25, -0.2) is 9.78 Å². The Morgan fingerprint density at radius 1 is 0.528 bits per heavy atom. The summed E-state index contributed by atoms with van der Waals surface area (Å²) < 4.78 is 0. The first kappa shape index (κ1) is 72.6. The Bertz CT molecular complexity index is 3000. The van der Waals surface area contributed by atoms with E-state index in [-0.39, 0.29) is 50.9 Å². The molecule has 4 rings (SSSR count). The molecule has 482 valence electrons. The first-order chi connectivity index (χ1) is 42.4. The Morgan fingerprint density at radius 3 is 1.46 bits per heavy atom. The van der Waals surface area contributed by atoms with Crippen molar-refractivity contribution in [1.29, 1.82) is 0 Å². The molecule has 1 heterocycles. The van der Waals surface area contributed by atoms with Crippen LogP contribution >= 0.6 is 23.5 Å². The molecule has 9 amide bonds. The van der Waals surface area contributed by atoms with E-state index in [1.807, 2.05) is 13.8 Å². The second kappa shape index (κ2) is 37.8. The summed E-state index contributed by atoms with van der Waals surface area (Å²) in [6.45, 7) is 2.95. The number of benzene rings is 3. The zero-order valence-corrected chi connectivity index (χ0v) is 51.7. The van der Waals surface area contributed by atoms with Crippen LogP contribution in [0.2, 0.25) is 0 Å². The van der Waals surface area contributed by atoms with E-state index in [4.69, 9.17) is 5.73 Å². The maximum Gasteiger partial charge on any atom is 0.326 e. The standard InChI is InChI=1S/C60H80N12O15S2/c1-35(2)25-43(54(80)67-42(60(86)87)22-24-89-5)65-49(73)33-63-58(84)48(28-38-19-13-8-14-20-38)72(3)59(85)47(27-37-17-11-7-12-18-37)71-55(81)44(26-36-15-9-6-10-16-36)68-57(83)46(31-51(76)77)70-56(82)45(29-39-32-62-34-64-39)69-53(79)41(21-23-88-4)66-52(78)40(61)30-50(74)75/h6-20,32,34-35,40-48H,21-31,33,61H2,1-5H3,(H,62,64)(H,63,84)(H,65,73)(H,66,78)(H,67,80)(H,68,83)(H,69,79)(H,70,82)(H,71,81)(H,74,75)(H,76,77)(H,86,87)/t40-,41-,42-,43-,44-,45-,46-,47-,48-/m0/s1. The van der Waals surface area contributed by atoms with E-state index in [2.05, 4.69) is 52.5 Å². The van der Waals surface area contributed by atoms with Crippen LogP contribution in [0.1, 0.15) is 68.3 Å². The molecule has 9 atom stereocenters. The van der Waals surface area contributed by atoms with E-state index < -0.39 is 145 Å². The summed E-state index contributed by atoms with van der Waals surface area (Å²) in [4.78, 5) is 171. The topological polar surface area (TPSA) is 420 Å². The summed E-state index contributed by atoms with van der Waals surface area (Å²) in [7, 11) is 1.33. The minimum atomic E-state index is -1.92. The minimum Gasteiger partial charge on any atom is -0.481 e. The van der Waals surface area contributed by atoms with Crippen molar-refractivity contribution in [3.63, 3.8) is 0 Å². The molecule has 0 aliphatic heterocycles. The van der Waals surface area contributed by atoms with Gasteiger partial charge in [-0.05, 0) is 65.9 Å². The molecule has 14 N–H and O–H groups in total. The molecule has 0 saturated heterocycles. The average molecular weight is 1270 g/mol. The third-order valence-corrected chi connectivity index (χ3v) is 15.1. The highest BCUT2D eigenvalue weighted by molar-refractivity contribution is 7.98. The molecule has 0 aliphatic carbocycles. The Hall–Kier alpha value is -8.83. The second-order valence-electron chi connectivity index (χ2n) is 21.4. The van der Waals surface area contributed by atoms with Crippen molar-refractivity contribution in [3.05, 3.63) is 126 Å². The van der Waals surface area contributed by atoms with Gasteiger partial charge in [-0.2, -0.15) is 23.5 Å². The highest BCUT2D eigenvalue weighted by Gasteiger charge is 2.37. The number of nitrogens with two attached hydrogens (primary N) is 1. The predicted octanol–water partition coefficient (Wildman–Crippen LogP) is -0.0693. The number of hydrogen-bond acceptors (Lipinski definition) is 16. The lowest BCUT2D eigenvalue weighted by Gasteiger charge is -2.32. The molecule has 4 aromatic rings. The molecular formula is C60H80N12O15S2. The summed E-state index contributed by atoms with van der Waals surface area (Å²) in [5.74, 6) is -11.7. The van der Waals surface area contributed by atoms with Crippen LogP contribution in [0.4, 0.5) is 0 Å². The van der Waals surface area contributed by atoms with Gasteiger partial charge in [-0.3, -0.25) is 52.7 Å². The Labute approximate surface area is 523 Å². The largest absolute Gasteiger partial charge is 0.481 e. The van der Waals surface area contributed by atoms with Crippen LogP contribution in [0.5, 0.6) is 0 Å². The third-order valence-electron chi connectivity index (χ3n) is 13.8. The van der Waals surface area contributed by atoms with Crippen LogP contribution < -0.4 is 48.3 Å². The number of aliphatic carboxylic acids is 3. The van der Waals surface area contributed by atoms with Crippen LogP contribution in [-0.4, -0.2) is 193 Å². The Balaban J connectivity index is 1.66. The molecule has 0 fully saturated rings. The van der Waals surface area contributed by atoms with Crippen molar-refractivity contribution in [2.75, 3.05) is 37.6 Å². The number of aromatic amines is 1. The average Bonchev–Trinajstić information content (AvgIpc) is 3.60. The zero-order valence-electron chi connectivity index (χ0n) is 50.1. The van der Waals surface area contributed by atoms with Gasteiger partial charge in [0.1, 0.15) is 48.3 Å². The third kappa shape index (κ3) is 25.8. The van der Waals surface area contributed by atoms with Gasteiger partial charge < -0.3 is 73.5 Å². The Kier molecular flexibility index (Phi) is 30.8. The maximum atomic E-state index is 15.1. The van der Waals surface area contributed by atoms with Crippen LogP contribution in [0, 0.1) is 5.92 Å². The SMILES string of the molecule is CSCC[C@H](NC(=O)[C@H](CC(C)C)NC(=O)CNC(=O)[C@H](Cc1ccccc1)N(C)C(=O)[C@H](Cc1ccccc1)NC(=O)[C@H](Cc1ccccc1)NC(=O)[C@H](CC(=O)O)NC(=O)[C@H](Cc1cnc[nH]1)NC(=O)[C@H](CCSC)NC(=O)[C@@H](N)CC(=O)O)C(=O)O. The maximum absolute atomic E-state index is 15.1. The fourth-order valence-corrected chi connectivity index (χ4v) is 10.1. The number of carbonyl (C=O) groups excluding carboxylic acids is 9. The lowest BCUT2D eigenvalue weighted by molar-refractivity contribution is -0.143. The molecule has 1 aromatic heterocycles. The predicted molar refractivity (Wildman–Crippen MR) is 331 cm³/mol. The summed E-state index contributed by atoms with van der Waals surface area (Å²) in [5.41, 5.74) is 7.74.